The Labute approximate surface area is 228 Å². The van der Waals surface area contributed by atoms with Gasteiger partial charge in [0.2, 0.25) is 0 Å². The predicted octanol–water partition coefficient (Wildman–Crippen LogP) is 7.84. The summed E-state index contributed by atoms with van der Waals surface area (Å²) in [5, 5.41) is 0. The maximum Gasteiger partial charge on any atom is 0.140 e. The third-order valence-electron chi connectivity index (χ3n) is 6.98. The van der Waals surface area contributed by atoms with Crippen molar-refractivity contribution in [3.63, 3.8) is 0 Å². The van der Waals surface area contributed by atoms with Crippen molar-refractivity contribution >= 4 is 0 Å². The van der Waals surface area contributed by atoms with E-state index in [2.05, 4.69) is 90.0 Å². The van der Waals surface area contributed by atoms with Gasteiger partial charge in [0.15, 0.2) is 0 Å². The predicted molar refractivity (Wildman–Crippen MR) is 157 cm³/mol. The lowest BCUT2D eigenvalue weighted by atomic mass is 10.1. The minimum Gasteiger partial charge on any atom is -0.497 e. The third-order valence-corrected chi connectivity index (χ3v) is 6.98. The smallest absolute Gasteiger partial charge is 0.140 e. The van der Waals surface area contributed by atoms with Crippen molar-refractivity contribution < 1.29 is 9.47 Å². The molecular weight excluding hydrogens is 470 g/mol. The fraction of sp³-hybridized carbons (Fsp3) is 0.364. The molecule has 0 saturated heterocycles. The molecule has 0 amide bonds. The van der Waals surface area contributed by atoms with Gasteiger partial charge >= 0.3 is 0 Å². The van der Waals surface area contributed by atoms with Crippen molar-refractivity contribution in [3.8, 4) is 34.1 Å². The Bertz CT molecular complexity index is 1270. The molecule has 0 bridgehead atoms. The Morgan fingerprint density at radius 3 is 2.08 bits per heavy atom. The van der Waals surface area contributed by atoms with E-state index in [-0.39, 0.29) is 0 Å². The zero-order valence-corrected chi connectivity index (χ0v) is 23.3. The van der Waals surface area contributed by atoms with E-state index in [1.54, 1.807) is 14.2 Å². The lowest BCUT2D eigenvalue weighted by Crippen LogP contribution is -2.26. The van der Waals surface area contributed by atoms with Gasteiger partial charge in [-0.25, -0.2) is 4.98 Å². The lowest BCUT2D eigenvalue weighted by molar-refractivity contribution is 0.242. The average Bonchev–Trinajstić information content (AvgIpc) is 3.33. The summed E-state index contributed by atoms with van der Waals surface area (Å²) in [4.78, 5) is 7.83. The van der Waals surface area contributed by atoms with E-state index >= 15 is 0 Å². The molecule has 4 rings (SSSR count). The van der Waals surface area contributed by atoms with Crippen molar-refractivity contribution in [1.82, 2.24) is 14.5 Å². The maximum atomic E-state index is 5.75. The largest absolute Gasteiger partial charge is 0.497 e. The van der Waals surface area contributed by atoms with Gasteiger partial charge in [-0.2, -0.15) is 0 Å². The lowest BCUT2D eigenvalue weighted by Gasteiger charge is -2.25. The van der Waals surface area contributed by atoms with Crippen LogP contribution in [0.5, 0.6) is 11.5 Å². The van der Waals surface area contributed by atoms with Gasteiger partial charge in [-0.3, -0.25) is 4.90 Å². The third kappa shape index (κ3) is 6.65. The quantitative estimate of drug-likeness (QED) is 0.173. The van der Waals surface area contributed by atoms with Gasteiger partial charge in [0, 0.05) is 42.4 Å². The van der Waals surface area contributed by atoms with Crippen LogP contribution in [-0.4, -0.2) is 35.2 Å². The van der Waals surface area contributed by atoms with Crippen molar-refractivity contribution in [1.29, 1.82) is 0 Å². The summed E-state index contributed by atoms with van der Waals surface area (Å²) in [5.41, 5.74) is 5.82. The van der Waals surface area contributed by atoms with Crippen LogP contribution >= 0.6 is 0 Å². The topological polar surface area (TPSA) is 39.5 Å². The van der Waals surface area contributed by atoms with E-state index in [9.17, 15) is 0 Å². The van der Waals surface area contributed by atoms with E-state index in [1.807, 2.05) is 12.1 Å². The minimum atomic E-state index is 0.793. The van der Waals surface area contributed by atoms with E-state index in [0.717, 1.165) is 91.6 Å². The van der Waals surface area contributed by atoms with Gasteiger partial charge in [0.25, 0.3) is 0 Å². The van der Waals surface area contributed by atoms with Gasteiger partial charge < -0.3 is 14.0 Å². The fourth-order valence-corrected chi connectivity index (χ4v) is 4.87. The summed E-state index contributed by atoms with van der Waals surface area (Å²) in [7, 11) is 3.42. The molecule has 3 aromatic carbocycles. The first kappa shape index (κ1) is 27.5. The molecule has 0 fully saturated rings. The highest BCUT2D eigenvalue weighted by Crippen LogP contribution is 2.32. The number of methoxy groups -OCH3 is 2. The summed E-state index contributed by atoms with van der Waals surface area (Å²) in [6, 6.07) is 27.3. The van der Waals surface area contributed by atoms with E-state index in [0.29, 0.717) is 0 Å². The number of unbranched alkanes of at least 4 members (excludes halogenated alkanes) is 2. The standard InChI is InChI=1S/C33H41N3O2/c1-5-7-21-35(24-28-19-20-29(37-3)23-31(28)38-4)25-30-32(26-15-11-9-12-16-26)34-33(36(30)22-8-6-2)27-17-13-10-14-18-27/h9-20,23H,5-8,21-22,24-25H2,1-4H3. The van der Waals surface area contributed by atoms with Crippen molar-refractivity contribution in [2.45, 2.75) is 59.2 Å². The second kappa shape index (κ2) is 13.8. The van der Waals surface area contributed by atoms with Crippen LogP contribution in [0.1, 0.15) is 50.8 Å². The summed E-state index contributed by atoms with van der Waals surface area (Å²) < 4.78 is 13.6. The molecule has 0 atom stereocenters. The van der Waals surface area contributed by atoms with Gasteiger partial charge in [-0.15, -0.1) is 0 Å². The Morgan fingerprint density at radius 2 is 1.45 bits per heavy atom. The van der Waals surface area contributed by atoms with Crippen LogP contribution < -0.4 is 9.47 Å². The summed E-state index contributed by atoms with van der Waals surface area (Å²) in [6.45, 7) is 8.05. The Balaban J connectivity index is 1.79. The Kier molecular flexibility index (Phi) is 9.99. The molecule has 0 radical (unpaired) electrons. The van der Waals surface area contributed by atoms with Crippen LogP contribution in [0.4, 0.5) is 0 Å². The molecule has 4 aromatic rings. The van der Waals surface area contributed by atoms with Crippen molar-refractivity contribution in [3.05, 3.63) is 90.1 Å². The van der Waals surface area contributed by atoms with Crippen LogP contribution in [-0.2, 0) is 19.6 Å². The Morgan fingerprint density at radius 1 is 0.763 bits per heavy atom. The number of aromatic nitrogens is 2. The van der Waals surface area contributed by atoms with E-state index in [1.165, 1.54) is 5.69 Å². The molecule has 1 aromatic heterocycles. The second-order valence-corrected chi connectivity index (χ2v) is 9.71. The molecule has 0 saturated carbocycles. The number of ether oxygens (including phenoxy) is 2. The molecule has 0 spiro atoms. The van der Waals surface area contributed by atoms with E-state index < -0.39 is 0 Å². The molecule has 0 unspecified atom stereocenters. The van der Waals surface area contributed by atoms with Crippen molar-refractivity contribution in [2.24, 2.45) is 0 Å². The summed E-state index contributed by atoms with van der Waals surface area (Å²) in [6.07, 6.45) is 4.52. The highest BCUT2D eigenvalue weighted by molar-refractivity contribution is 5.68. The second-order valence-electron chi connectivity index (χ2n) is 9.71. The average molecular weight is 512 g/mol. The summed E-state index contributed by atoms with van der Waals surface area (Å²) in [5.74, 6) is 2.71. The van der Waals surface area contributed by atoms with E-state index in [4.69, 9.17) is 14.5 Å². The number of nitrogens with zero attached hydrogens (tertiary/aromatic N) is 3. The molecule has 0 N–H and O–H groups in total. The number of rotatable bonds is 14. The molecule has 0 aliphatic carbocycles. The minimum absolute atomic E-state index is 0.793. The normalized spacial score (nSPS) is 11.2. The van der Waals surface area contributed by atoms with Gasteiger partial charge in [-0.05, 0) is 25.5 Å². The fourth-order valence-electron chi connectivity index (χ4n) is 4.87. The van der Waals surface area contributed by atoms with Gasteiger partial charge in [0.05, 0.1) is 25.6 Å². The van der Waals surface area contributed by atoms with Crippen LogP contribution in [0, 0.1) is 0 Å². The first-order valence-corrected chi connectivity index (χ1v) is 13.8. The number of hydrogen-bond acceptors (Lipinski definition) is 4. The first-order chi connectivity index (χ1) is 18.7. The zero-order valence-electron chi connectivity index (χ0n) is 23.3. The summed E-state index contributed by atoms with van der Waals surface area (Å²) >= 11 is 0. The van der Waals surface area contributed by atoms with Crippen LogP contribution in [0.2, 0.25) is 0 Å². The molecule has 5 nitrogen and oxygen atoms in total. The molecule has 0 aliphatic rings. The maximum absolute atomic E-state index is 5.75. The molecule has 1 heterocycles. The molecule has 5 heteroatoms. The highest BCUT2D eigenvalue weighted by Gasteiger charge is 2.22. The van der Waals surface area contributed by atoms with Crippen LogP contribution in [0.15, 0.2) is 78.9 Å². The molecular formula is C33H41N3O2. The highest BCUT2D eigenvalue weighted by atomic mass is 16.5. The SMILES string of the molecule is CCCCN(Cc1ccc(OC)cc1OC)Cc1c(-c2ccccc2)nc(-c2ccccc2)n1CCCC. The number of benzene rings is 3. The van der Waals surface area contributed by atoms with Gasteiger partial charge in [-0.1, -0.05) is 93.4 Å². The number of imidazole rings is 1. The molecule has 200 valence electrons. The monoisotopic (exact) mass is 511 g/mol. The zero-order chi connectivity index (χ0) is 26.7. The first-order valence-electron chi connectivity index (χ1n) is 13.8. The molecule has 38 heavy (non-hydrogen) atoms. The van der Waals surface area contributed by atoms with Crippen molar-refractivity contribution in [2.75, 3.05) is 20.8 Å². The van der Waals surface area contributed by atoms with Crippen LogP contribution in [0.3, 0.4) is 0 Å². The number of hydrogen-bond donors (Lipinski definition) is 0. The van der Waals surface area contributed by atoms with Crippen LogP contribution in [0.25, 0.3) is 22.6 Å². The molecule has 0 aliphatic heterocycles. The van der Waals surface area contributed by atoms with Gasteiger partial charge in [0.1, 0.15) is 17.3 Å². The Hall–Kier alpha value is -3.57.